The largest absolute Gasteiger partial charge is 0.441 e. The number of allylic oxidation sites excluding steroid dienone is 2. The summed E-state index contributed by atoms with van der Waals surface area (Å²) in [6.07, 6.45) is 12.3. The molecule has 3 aliphatic heterocycles. The molecule has 1 aromatic heterocycles. The van der Waals surface area contributed by atoms with Crippen LogP contribution in [-0.4, -0.2) is 46.1 Å². The maximum Gasteiger partial charge on any atom is 0.252 e. The van der Waals surface area contributed by atoms with E-state index in [4.69, 9.17) is 4.42 Å². The highest BCUT2D eigenvalue weighted by atomic mass is 31.1. The van der Waals surface area contributed by atoms with Crippen molar-refractivity contribution < 1.29 is 13.6 Å². The summed E-state index contributed by atoms with van der Waals surface area (Å²) in [7, 11) is 0.333. The van der Waals surface area contributed by atoms with Crippen LogP contribution in [0.2, 0.25) is 0 Å². The van der Waals surface area contributed by atoms with Crippen molar-refractivity contribution in [3.05, 3.63) is 71.1 Å². The van der Waals surface area contributed by atoms with Crippen LogP contribution in [0.25, 0.3) is 16.4 Å². The van der Waals surface area contributed by atoms with Crippen LogP contribution in [0.1, 0.15) is 31.2 Å². The van der Waals surface area contributed by atoms with Crippen LogP contribution in [0, 0.1) is 12.7 Å². The van der Waals surface area contributed by atoms with Crippen molar-refractivity contribution in [3.8, 4) is 0 Å². The molecule has 3 aliphatic rings. The van der Waals surface area contributed by atoms with Crippen molar-refractivity contribution in [3.63, 3.8) is 0 Å². The molecule has 160 valence electrons. The Labute approximate surface area is 182 Å². The third-order valence-electron chi connectivity index (χ3n) is 5.93. The van der Waals surface area contributed by atoms with Gasteiger partial charge in [-0.3, -0.25) is 9.69 Å². The van der Waals surface area contributed by atoms with Crippen molar-refractivity contribution in [2.45, 2.75) is 32.5 Å². The number of nitrogens with zero attached hydrogens (tertiary/aromatic N) is 3. The molecule has 7 heteroatoms. The van der Waals surface area contributed by atoms with E-state index in [-0.39, 0.29) is 17.2 Å². The van der Waals surface area contributed by atoms with Gasteiger partial charge >= 0.3 is 0 Å². The maximum absolute atomic E-state index is 14.5. The number of benzene rings is 1. The van der Waals surface area contributed by atoms with Gasteiger partial charge in [0.05, 0.1) is 5.78 Å². The van der Waals surface area contributed by atoms with E-state index < -0.39 is 5.82 Å². The number of hydrogen-bond donors (Lipinski definition) is 0. The predicted molar refractivity (Wildman–Crippen MR) is 122 cm³/mol. The number of oxazole rings is 1. The number of aromatic nitrogens is 1. The van der Waals surface area contributed by atoms with Crippen molar-refractivity contribution in [1.29, 1.82) is 0 Å². The first-order valence-electron chi connectivity index (χ1n) is 10.7. The Kier molecular flexibility index (Phi) is 5.37. The molecule has 1 amide bonds. The Morgan fingerprint density at radius 3 is 3.00 bits per heavy atom. The smallest absolute Gasteiger partial charge is 0.252 e. The Balaban J connectivity index is 1.39. The summed E-state index contributed by atoms with van der Waals surface area (Å²) in [4.78, 5) is 21.3. The fourth-order valence-electron chi connectivity index (χ4n) is 4.38. The van der Waals surface area contributed by atoms with Gasteiger partial charge < -0.3 is 9.32 Å². The summed E-state index contributed by atoms with van der Waals surface area (Å²) in [5.41, 5.74) is 3.75. The summed E-state index contributed by atoms with van der Waals surface area (Å²) in [5, 5.41) is 0.842. The van der Waals surface area contributed by atoms with E-state index in [0.717, 1.165) is 43.4 Å². The molecule has 2 aromatic rings. The minimum Gasteiger partial charge on any atom is -0.441 e. The first-order chi connectivity index (χ1) is 15.0. The molecule has 0 radical (unpaired) electrons. The van der Waals surface area contributed by atoms with Crippen molar-refractivity contribution >= 4 is 30.9 Å². The molecule has 0 saturated carbocycles. The zero-order valence-electron chi connectivity index (χ0n) is 17.7. The number of fused-ring (bicyclic) bond motifs is 2. The number of halogens is 1. The minimum atomic E-state index is -0.423. The van der Waals surface area contributed by atoms with Gasteiger partial charge in [0.15, 0.2) is 17.3 Å². The van der Waals surface area contributed by atoms with E-state index >= 15 is 0 Å². The first-order valence-corrected chi connectivity index (χ1v) is 11.8. The van der Waals surface area contributed by atoms with Gasteiger partial charge in [0.2, 0.25) is 0 Å². The first kappa shape index (κ1) is 20.3. The van der Waals surface area contributed by atoms with E-state index in [0.29, 0.717) is 25.6 Å². The van der Waals surface area contributed by atoms with Crippen LogP contribution in [0.3, 0.4) is 0 Å². The Bertz CT molecular complexity index is 1180. The zero-order chi connectivity index (χ0) is 21.5. The van der Waals surface area contributed by atoms with E-state index in [9.17, 15) is 9.18 Å². The fraction of sp³-hybridized carbons (Fsp3) is 0.333. The van der Waals surface area contributed by atoms with Crippen LogP contribution in [0.4, 0.5) is 4.39 Å². The van der Waals surface area contributed by atoms with Gasteiger partial charge in [-0.15, -0.1) is 0 Å². The van der Waals surface area contributed by atoms with E-state index in [2.05, 4.69) is 35.0 Å². The van der Waals surface area contributed by atoms with Gasteiger partial charge in [0.25, 0.3) is 5.91 Å². The number of hydrogen-bond acceptors (Lipinski definition) is 4. The third kappa shape index (κ3) is 3.90. The monoisotopic (exact) mass is 437 g/mol. The molecule has 31 heavy (non-hydrogen) atoms. The summed E-state index contributed by atoms with van der Waals surface area (Å²) in [5.74, 6) is -0.102. The van der Waals surface area contributed by atoms with Gasteiger partial charge in [-0.05, 0) is 53.5 Å². The second-order valence-corrected chi connectivity index (χ2v) is 9.57. The molecular weight excluding hydrogens is 412 g/mol. The lowest BCUT2D eigenvalue weighted by molar-refractivity contribution is -0.123. The van der Waals surface area contributed by atoms with Gasteiger partial charge in [0.1, 0.15) is 5.52 Å². The minimum absolute atomic E-state index is 0.0350. The number of carbonyl (C=O) groups is 1. The highest BCUT2D eigenvalue weighted by molar-refractivity contribution is 7.51. The molecule has 2 unspecified atom stereocenters. The average Bonchev–Trinajstić information content (AvgIpc) is 3.15. The summed E-state index contributed by atoms with van der Waals surface area (Å²) in [6, 6.07) is 3.23. The van der Waals surface area contributed by atoms with E-state index in [1.165, 1.54) is 11.6 Å². The molecule has 0 saturated heterocycles. The Morgan fingerprint density at radius 1 is 1.35 bits per heavy atom. The van der Waals surface area contributed by atoms with E-state index in [1.807, 2.05) is 11.1 Å². The van der Waals surface area contributed by atoms with Gasteiger partial charge in [0, 0.05) is 32.3 Å². The zero-order valence-corrected chi connectivity index (χ0v) is 18.7. The summed E-state index contributed by atoms with van der Waals surface area (Å²) >= 11 is 0. The normalized spacial score (nSPS) is 22.5. The van der Waals surface area contributed by atoms with Gasteiger partial charge in [-0.1, -0.05) is 33.7 Å². The van der Waals surface area contributed by atoms with Crippen molar-refractivity contribution in [2.24, 2.45) is 0 Å². The maximum atomic E-state index is 14.5. The molecular formula is C24H25FN3O2P. The van der Waals surface area contributed by atoms with Gasteiger partial charge in [-0.2, -0.15) is 0 Å². The highest BCUT2D eigenvalue weighted by Crippen LogP contribution is 2.45. The topological polar surface area (TPSA) is 49.6 Å². The van der Waals surface area contributed by atoms with Crippen molar-refractivity contribution in [1.82, 2.24) is 14.8 Å². The standard InChI is InChI=1S/C24H25FN3O2P/c1-3-8-27-9-6-16(7-10-27)17-4-5-23-28(14-17)22(29)13-21(31-23)18-11-19(25)24-20(12-18)30-15(2)26-24/h4-6,11-14,23,31H,3,7-10H2,1-2H3. The molecule has 4 heterocycles. The molecule has 5 rings (SSSR count). The molecule has 0 N–H and O–H groups in total. The molecule has 0 aliphatic carbocycles. The second kappa shape index (κ2) is 8.18. The van der Waals surface area contributed by atoms with Crippen LogP contribution >= 0.6 is 8.58 Å². The van der Waals surface area contributed by atoms with Crippen LogP contribution in [0.15, 0.2) is 58.2 Å². The molecule has 5 nitrogen and oxygen atoms in total. The van der Waals surface area contributed by atoms with Gasteiger partial charge in [-0.25, -0.2) is 9.37 Å². The molecule has 2 atom stereocenters. The Morgan fingerprint density at radius 2 is 2.23 bits per heavy atom. The van der Waals surface area contributed by atoms with Crippen LogP contribution in [0.5, 0.6) is 0 Å². The SMILES string of the molecule is CCCN1CC=C(C2=CN3C(=O)C=C(c4cc(F)c5nc(C)oc5c4)PC3C=C2)CC1. The molecule has 0 spiro atoms. The Hall–Kier alpha value is -2.56. The number of aryl methyl sites for hydroxylation is 1. The molecule has 0 fully saturated rings. The van der Waals surface area contributed by atoms with Crippen LogP contribution < -0.4 is 0 Å². The molecule has 1 aromatic carbocycles. The molecule has 0 bridgehead atoms. The quantitative estimate of drug-likeness (QED) is 0.635. The summed E-state index contributed by atoms with van der Waals surface area (Å²) in [6.45, 7) is 7.05. The number of rotatable bonds is 4. The summed E-state index contributed by atoms with van der Waals surface area (Å²) < 4.78 is 20.0. The van der Waals surface area contributed by atoms with E-state index in [1.54, 1.807) is 19.1 Å². The number of amides is 1. The lowest BCUT2D eigenvalue weighted by Crippen LogP contribution is -2.36. The van der Waals surface area contributed by atoms with Crippen molar-refractivity contribution in [2.75, 3.05) is 19.6 Å². The fourth-order valence-corrected chi connectivity index (χ4v) is 5.75. The number of carbonyl (C=O) groups excluding carboxylic acids is 1. The predicted octanol–water partition coefficient (Wildman–Crippen LogP) is 4.96. The lowest BCUT2D eigenvalue weighted by Gasteiger charge is -2.35. The highest BCUT2D eigenvalue weighted by Gasteiger charge is 2.30. The average molecular weight is 437 g/mol. The third-order valence-corrected chi connectivity index (χ3v) is 7.44. The second-order valence-electron chi connectivity index (χ2n) is 8.15. The van der Waals surface area contributed by atoms with Crippen LogP contribution in [-0.2, 0) is 4.79 Å². The lowest BCUT2D eigenvalue weighted by atomic mass is 9.98.